The molecule has 3 N–H and O–H groups in total. The van der Waals surface area contributed by atoms with E-state index in [1.165, 1.54) is 11.3 Å². The number of nitrogens with zero attached hydrogens (tertiary/aromatic N) is 1. The maximum atomic E-state index is 12.4. The lowest BCUT2D eigenvalue weighted by molar-refractivity contribution is -0.145. The van der Waals surface area contributed by atoms with Gasteiger partial charge in [0.2, 0.25) is 5.91 Å². The third kappa shape index (κ3) is 4.06. The van der Waals surface area contributed by atoms with E-state index in [1.54, 1.807) is 12.1 Å². The summed E-state index contributed by atoms with van der Waals surface area (Å²) in [4.78, 5) is 40.2. The summed E-state index contributed by atoms with van der Waals surface area (Å²) in [6, 6.07) is 7.51. The predicted molar refractivity (Wildman–Crippen MR) is 105 cm³/mol. The van der Waals surface area contributed by atoms with E-state index in [0.717, 1.165) is 24.8 Å². The van der Waals surface area contributed by atoms with Crippen molar-refractivity contribution in [1.29, 1.82) is 0 Å². The topological polar surface area (TPSA) is 108 Å². The van der Waals surface area contributed by atoms with Crippen LogP contribution in [0.5, 0.6) is 0 Å². The molecule has 8 heteroatoms. The number of nitrogens with one attached hydrogen (secondary N) is 2. The van der Waals surface area contributed by atoms with Crippen molar-refractivity contribution in [2.24, 2.45) is 11.8 Å². The number of hydrogen-bond acceptors (Lipinski definition) is 5. The van der Waals surface area contributed by atoms with Crippen molar-refractivity contribution in [2.45, 2.75) is 38.1 Å². The van der Waals surface area contributed by atoms with Crippen molar-refractivity contribution in [3.05, 3.63) is 35.2 Å². The zero-order valence-electron chi connectivity index (χ0n) is 15.2. The molecule has 2 saturated carbocycles. The normalized spacial score (nSPS) is 21.3. The van der Waals surface area contributed by atoms with Crippen LogP contribution in [0.25, 0.3) is 11.3 Å². The van der Waals surface area contributed by atoms with Gasteiger partial charge in [0.1, 0.15) is 0 Å². The van der Waals surface area contributed by atoms with Gasteiger partial charge in [0.15, 0.2) is 5.13 Å². The number of carboxylic acid groups (broad SMARTS) is 1. The molecule has 2 fully saturated rings. The zero-order chi connectivity index (χ0) is 19.7. The highest BCUT2D eigenvalue weighted by Crippen LogP contribution is 2.33. The quantitative estimate of drug-likeness (QED) is 0.691. The molecule has 0 bridgehead atoms. The summed E-state index contributed by atoms with van der Waals surface area (Å²) in [5, 5.41) is 17.2. The van der Waals surface area contributed by atoms with E-state index in [9.17, 15) is 19.5 Å². The summed E-state index contributed by atoms with van der Waals surface area (Å²) >= 11 is 1.30. The van der Waals surface area contributed by atoms with Gasteiger partial charge in [-0.05, 0) is 37.8 Å². The molecular weight excluding hydrogens is 378 g/mol. The average Bonchev–Trinajstić information content (AvgIpc) is 3.18. The highest BCUT2D eigenvalue weighted by Gasteiger charge is 2.38. The van der Waals surface area contributed by atoms with E-state index >= 15 is 0 Å². The number of anilines is 1. The maximum Gasteiger partial charge on any atom is 0.307 e. The second-order valence-electron chi connectivity index (χ2n) is 7.33. The van der Waals surface area contributed by atoms with Crippen molar-refractivity contribution in [3.8, 4) is 11.3 Å². The van der Waals surface area contributed by atoms with Crippen LogP contribution in [0, 0.1) is 11.8 Å². The molecule has 2 atom stereocenters. The van der Waals surface area contributed by atoms with Gasteiger partial charge in [0.05, 0.1) is 17.5 Å². The van der Waals surface area contributed by atoms with Crippen LogP contribution in [0.2, 0.25) is 0 Å². The largest absolute Gasteiger partial charge is 0.481 e. The maximum absolute atomic E-state index is 12.4. The fourth-order valence-corrected chi connectivity index (χ4v) is 4.24. The van der Waals surface area contributed by atoms with Gasteiger partial charge in [-0.25, -0.2) is 4.98 Å². The Morgan fingerprint density at radius 1 is 1.04 bits per heavy atom. The SMILES string of the molecule is O=C(NC1CC1)c1ccc(-c2csc(NC(=O)[C@H]3CCC[C@H]3C(=O)O)n2)cc1. The molecule has 0 unspecified atom stereocenters. The minimum Gasteiger partial charge on any atom is -0.481 e. The molecule has 1 heterocycles. The van der Waals surface area contributed by atoms with Gasteiger partial charge in [0.25, 0.3) is 5.91 Å². The van der Waals surface area contributed by atoms with Crippen LogP contribution < -0.4 is 10.6 Å². The van der Waals surface area contributed by atoms with Crippen LogP contribution in [0.1, 0.15) is 42.5 Å². The first-order chi connectivity index (χ1) is 13.5. The second kappa shape index (κ2) is 7.71. The number of carbonyl (C=O) groups is 3. The van der Waals surface area contributed by atoms with E-state index in [0.29, 0.717) is 35.3 Å². The summed E-state index contributed by atoms with van der Waals surface area (Å²) in [5.74, 6) is -2.38. The number of carboxylic acids is 1. The molecule has 146 valence electrons. The van der Waals surface area contributed by atoms with Gasteiger partial charge >= 0.3 is 5.97 Å². The van der Waals surface area contributed by atoms with Crippen LogP contribution in [-0.4, -0.2) is 33.9 Å². The highest BCUT2D eigenvalue weighted by atomic mass is 32.1. The third-order valence-electron chi connectivity index (χ3n) is 5.26. The summed E-state index contributed by atoms with van der Waals surface area (Å²) in [7, 11) is 0. The summed E-state index contributed by atoms with van der Waals surface area (Å²) in [6.07, 6.45) is 3.97. The van der Waals surface area contributed by atoms with Gasteiger partial charge in [-0.3, -0.25) is 14.4 Å². The lowest BCUT2D eigenvalue weighted by Gasteiger charge is -2.14. The van der Waals surface area contributed by atoms with Crippen LogP contribution in [0.15, 0.2) is 29.6 Å². The molecule has 2 aliphatic rings. The number of thiazole rings is 1. The third-order valence-corrected chi connectivity index (χ3v) is 6.02. The van der Waals surface area contributed by atoms with Crippen LogP contribution in [0.3, 0.4) is 0 Å². The summed E-state index contributed by atoms with van der Waals surface area (Å²) in [5.41, 5.74) is 2.17. The van der Waals surface area contributed by atoms with Crippen molar-refractivity contribution in [1.82, 2.24) is 10.3 Å². The first-order valence-corrected chi connectivity index (χ1v) is 10.3. The van der Waals surface area contributed by atoms with Gasteiger partial charge < -0.3 is 15.7 Å². The average molecular weight is 399 g/mol. The highest BCUT2D eigenvalue weighted by molar-refractivity contribution is 7.14. The lowest BCUT2D eigenvalue weighted by Crippen LogP contribution is -2.29. The Labute approximate surface area is 166 Å². The molecular formula is C20H21N3O4S. The van der Waals surface area contributed by atoms with E-state index < -0.39 is 17.8 Å². The van der Waals surface area contributed by atoms with E-state index in [2.05, 4.69) is 15.6 Å². The molecule has 0 saturated heterocycles. The minimum atomic E-state index is -0.914. The van der Waals surface area contributed by atoms with E-state index in [-0.39, 0.29) is 11.8 Å². The first kappa shape index (κ1) is 18.6. The first-order valence-electron chi connectivity index (χ1n) is 9.42. The Morgan fingerprint density at radius 2 is 1.75 bits per heavy atom. The summed E-state index contributed by atoms with van der Waals surface area (Å²) in [6.45, 7) is 0. The zero-order valence-corrected chi connectivity index (χ0v) is 16.0. The number of amides is 2. The molecule has 2 aliphatic carbocycles. The monoisotopic (exact) mass is 399 g/mol. The molecule has 0 radical (unpaired) electrons. The molecule has 2 aromatic rings. The number of rotatable bonds is 6. The number of carbonyl (C=O) groups excluding carboxylic acids is 2. The Balaban J connectivity index is 1.40. The number of hydrogen-bond donors (Lipinski definition) is 3. The van der Waals surface area contributed by atoms with Crippen molar-refractivity contribution >= 4 is 34.3 Å². The smallest absolute Gasteiger partial charge is 0.307 e. The minimum absolute atomic E-state index is 0.0650. The molecule has 0 spiro atoms. The number of aliphatic carboxylic acids is 1. The molecule has 28 heavy (non-hydrogen) atoms. The Bertz CT molecular complexity index is 904. The summed E-state index contributed by atoms with van der Waals surface area (Å²) < 4.78 is 0. The van der Waals surface area contributed by atoms with Gasteiger partial charge in [-0.2, -0.15) is 0 Å². The Kier molecular flexibility index (Phi) is 5.13. The van der Waals surface area contributed by atoms with E-state index in [4.69, 9.17) is 0 Å². The van der Waals surface area contributed by atoms with Crippen LogP contribution in [0.4, 0.5) is 5.13 Å². The predicted octanol–water partition coefficient (Wildman–Crippen LogP) is 3.14. The van der Waals surface area contributed by atoms with Crippen molar-refractivity contribution < 1.29 is 19.5 Å². The molecule has 0 aliphatic heterocycles. The second-order valence-corrected chi connectivity index (χ2v) is 8.19. The van der Waals surface area contributed by atoms with Gasteiger partial charge in [-0.1, -0.05) is 18.6 Å². The number of aromatic nitrogens is 1. The van der Waals surface area contributed by atoms with Crippen molar-refractivity contribution in [2.75, 3.05) is 5.32 Å². The molecule has 2 amide bonds. The molecule has 7 nitrogen and oxygen atoms in total. The van der Waals surface area contributed by atoms with Crippen LogP contribution >= 0.6 is 11.3 Å². The fraction of sp³-hybridized carbons (Fsp3) is 0.400. The number of benzene rings is 1. The Hall–Kier alpha value is -2.74. The van der Waals surface area contributed by atoms with Gasteiger partial charge in [-0.15, -0.1) is 11.3 Å². The molecule has 1 aromatic carbocycles. The Morgan fingerprint density at radius 3 is 2.43 bits per heavy atom. The van der Waals surface area contributed by atoms with Crippen LogP contribution in [-0.2, 0) is 9.59 Å². The van der Waals surface area contributed by atoms with E-state index in [1.807, 2.05) is 17.5 Å². The lowest BCUT2D eigenvalue weighted by atomic mass is 9.95. The molecule has 4 rings (SSSR count). The molecule has 1 aromatic heterocycles. The fourth-order valence-electron chi connectivity index (χ4n) is 3.52. The standard InChI is InChI=1S/C20H21N3O4S/c24-17(21-13-8-9-13)12-6-4-11(5-7-12)16-10-28-20(22-16)23-18(25)14-2-1-3-15(14)19(26)27/h4-7,10,13-15H,1-3,8-9H2,(H,21,24)(H,26,27)(H,22,23,25)/t14-,15+/m0/s1. The van der Waals surface area contributed by atoms with Gasteiger partial charge in [0, 0.05) is 22.5 Å². The van der Waals surface area contributed by atoms with Crippen molar-refractivity contribution in [3.63, 3.8) is 0 Å².